The fourth-order valence-corrected chi connectivity index (χ4v) is 3.95. The molecule has 0 aromatic heterocycles. The molecule has 1 fully saturated rings. The minimum absolute atomic E-state index is 0.149. The van der Waals surface area contributed by atoms with Crippen molar-refractivity contribution in [1.82, 2.24) is 4.90 Å². The molecule has 4 heteroatoms. The van der Waals surface area contributed by atoms with Crippen molar-refractivity contribution >= 4 is 11.8 Å². The number of likely N-dealkylation sites (tertiary alicyclic amines) is 1. The van der Waals surface area contributed by atoms with Gasteiger partial charge in [0.05, 0.1) is 5.41 Å². The molecule has 2 aromatic rings. The zero-order valence-electron chi connectivity index (χ0n) is 16.2. The third kappa shape index (κ3) is 4.21. The summed E-state index contributed by atoms with van der Waals surface area (Å²) in [7, 11) is 0. The van der Waals surface area contributed by atoms with E-state index >= 15 is 0 Å². The summed E-state index contributed by atoms with van der Waals surface area (Å²) in [5.41, 5.74) is 9.94. The number of carbonyl (C=O) groups excluding carboxylic acids is 2. The minimum Gasteiger partial charge on any atom is -0.369 e. The van der Waals surface area contributed by atoms with Gasteiger partial charge in [-0.15, -0.1) is 0 Å². The van der Waals surface area contributed by atoms with E-state index in [9.17, 15) is 9.59 Å². The summed E-state index contributed by atoms with van der Waals surface area (Å²) >= 11 is 0. The average Bonchev–Trinajstić information content (AvgIpc) is 2.68. The van der Waals surface area contributed by atoms with Crippen molar-refractivity contribution in [2.75, 3.05) is 13.1 Å². The number of amides is 2. The number of hydrogen-bond acceptors (Lipinski definition) is 2. The van der Waals surface area contributed by atoms with Crippen molar-refractivity contribution in [3.8, 4) is 11.1 Å². The molecule has 0 unspecified atom stereocenters. The third-order valence-electron chi connectivity index (χ3n) is 5.75. The quantitative estimate of drug-likeness (QED) is 0.879. The molecule has 0 radical (unpaired) electrons. The predicted octanol–water partition coefficient (Wildman–Crippen LogP) is 3.71. The zero-order valence-corrected chi connectivity index (χ0v) is 16.2. The van der Waals surface area contributed by atoms with Crippen molar-refractivity contribution in [2.45, 2.75) is 39.5 Å². The summed E-state index contributed by atoms with van der Waals surface area (Å²) < 4.78 is 0. The Morgan fingerprint density at radius 3 is 2.26 bits per heavy atom. The van der Waals surface area contributed by atoms with Crippen LogP contribution in [-0.4, -0.2) is 29.8 Å². The lowest BCUT2D eigenvalue weighted by Crippen LogP contribution is -2.49. The Balaban J connectivity index is 1.74. The van der Waals surface area contributed by atoms with Crippen LogP contribution in [0.5, 0.6) is 0 Å². The smallest absolute Gasteiger partial charge is 0.224 e. The highest BCUT2D eigenvalue weighted by molar-refractivity contribution is 5.82. The lowest BCUT2D eigenvalue weighted by Gasteiger charge is -2.39. The molecular weight excluding hydrogens is 336 g/mol. The van der Waals surface area contributed by atoms with Gasteiger partial charge in [0.1, 0.15) is 0 Å². The Kier molecular flexibility index (Phi) is 5.64. The molecule has 0 bridgehead atoms. The number of carbonyl (C=O) groups is 2. The van der Waals surface area contributed by atoms with Gasteiger partial charge in [-0.2, -0.15) is 0 Å². The molecule has 0 spiro atoms. The number of primary amides is 1. The number of hydrogen-bond donors (Lipinski definition) is 1. The first-order valence-electron chi connectivity index (χ1n) is 9.67. The molecule has 1 aliphatic heterocycles. The van der Waals surface area contributed by atoms with E-state index < -0.39 is 5.41 Å². The minimum atomic E-state index is -0.560. The Morgan fingerprint density at radius 1 is 1.04 bits per heavy atom. The summed E-state index contributed by atoms with van der Waals surface area (Å²) in [5.74, 6) is -0.107. The van der Waals surface area contributed by atoms with Gasteiger partial charge in [0.2, 0.25) is 11.8 Å². The number of nitrogens with zero attached hydrogens (tertiary/aromatic N) is 1. The molecule has 0 aliphatic carbocycles. The SMILES string of the molecule is CCC(=O)N1CCC(Cc2ccc(-c3cccc(C)c3)cc2)(C(N)=O)CC1. The number of nitrogens with two attached hydrogens (primary N) is 1. The second-order valence-electron chi connectivity index (χ2n) is 7.62. The monoisotopic (exact) mass is 364 g/mol. The maximum Gasteiger partial charge on any atom is 0.224 e. The fourth-order valence-electron chi connectivity index (χ4n) is 3.95. The van der Waals surface area contributed by atoms with E-state index in [2.05, 4.69) is 55.5 Å². The van der Waals surface area contributed by atoms with E-state index in [1.54, 1.807) is 0 Å². The van der Waals surface area contributed by atoms with Crippen LogP contribution in [0.2, 0.25) is 0 Å². The molecule has 0 atom stereocenters. The number of piperidine rings is 1. The van der Waals surface area contributed by atoms with E-state index in [0.717, 1.165) is 5.56 Å². The van der Waals surface area contributed by atoms with E-state index in [1.807, 2.05) is 11.8 Å². The van der Waals surface area contributed by atoms with Crippen LogP contribution in [0.4, 0.5) is 0 Å². The van der Waals surface area contributed by atoms with Crippen molar-refractivity contribution in [3.63, 3.8) is 0 Å². The molecule has 2 aromatic carbocycles. The Bertz CT molecular complexity index is 819. The van der Waals surface area contributed by atoms with Gasteiger partial charge in [-0.05, 0) is 42.9 Å². The summed E-state index contributed by atoms with van der Waals surface area (Å²) in [6.07, 6.45) is 2.40. The van der Waals surface area contributed by atoms with Gasteiger partial charge in [-0.3, -0.25) is 9.59 Å². The Labute approximate surface area is 161 Å². The van der Waals surface area contributed by atoms with Crippen LogP contribution >= 0.6 is 0 Å². The van der Waals surface area contributed by atoms with Crippen LogP contribution in [0.1, 0.15) is 37.3 Å². The first-order valence-corrected chi connectivity index (χ1v) is 9.67. The van der Waals surface area contributed by atoms with E-state index in [1.165, 1.54) is 16.7 Å². The van der Waals surface area contributed by atoms with Crippen LogP contribution in [0.3, 0.4) is 0 Å². The van der Waals surface area contributed by atoms with E-state index in [0.29, 0.717) is 38.8 Å². The topological polar surface area (TPSA) is 63.4 Å². The summed E-state index contributed by atoms with van der Waals surface area (Å²) in [5, 5.41) is 0. The maximum atomic E-state index is 12.3. The molecule has 2 N–H and O–H groups in total. The lowest BCUT2D eigenvalue weighted by atomic mass is 9.73. The molecule has 1 saturated heterocycles. The van der Waals surface area contributed by atoms with Gasteiger partial charge in [0.15, 0.2) is 0 Å². The van der Waals surface area contributed by atoms with Crippen molar-refractivity contribution in [1.29, 1.82) is 0 Å². The molecule has 1 aliphatic rings. The van der Waals surface area contributed by atoms with Gasteiger partial charge >= 0.3 is 0 Å². The second-order valence-corrected chi connectivity index (χ2v) is 7.62. The molecular formula is C23H28N2O2. The standard InChI is InChI=1S/C23H28N2O2/c1-3-21(26)25-13-11-23(12-14-25,22(24)27)16-18-7-9-19(10-8-18)20-6-4-5-17(2)15-20/h4-10,15H,3,11-14,16H2,1-2H3,(H2,24,27). The van der Waals surface area contributed by atoms with Crippen LogP contribution in [-0.2, 0) is 16.0 Å². The number of rotatable bonds is 5. The molecule has 0 saturated carbocycles. The molecule has 27 heavy (non-hydrogen) atoms. The fraction of sp³-hybridized carbons (Fsp3) is 0.391. The van der Waals surface area contributed by atoms with Crippen molar-refractivity contribution in [3.05, 3.63) is 59.7 Å². The molecule has 1 heterocycles. The summed E-state index contributed by atoms with van der Waals surface area (Å²) in [6.45, 7) is 5.17. The van der Waals surface area contributed by atoms with Crippen LogP contribution in [0, 0.1) is 12.3 Å². The Morgan fingerprint density at radius 2 is 1.70 bits per heavy atom. The van der Waals surface area contributed by atoms with Gasteiger partial charge in [-0.1, -0.05) is 61.0 Å². The molecule has 2 amide bonds. The predicted molar refractivity (Wildman–Crippen MR) is 108 cm³/mol. The third-order valence-corrected chi connectivity index (χ3v) is 5.75. The van der Waals surface area contributed by atoms with Gasteiger partial charge < -0.3 is 10.6 Å². The van der Waals surface area contributed by atoms with Crippen molar-refractivity contribution in [2.24, 2.45) is 11.1 Å². The van der Waals surface area contributed by atoms with Crippen LogP contribution < -0.4 is 5.73 Å². The molecule has 4 nitrogen and oxygen atoms in total. The largest absolute Gasteiger partial charge is 0.369 e. The average molecular weight is 364 g/mol. The zero-order chi connectivity index (χ0) is 19.4. The van der Waals surface area contributed by atoms with Crippen LogP contribution in [0.25, 0.3) is 11.1 Å². The molecule has 3 rings (SSSR count). The summed E-state index contributed by atoms with van der Waals surface area (Å²) in [4.78, 5) is 26.0. The normalized spacial score (nSPS) is 16.1. The highest BCUT2D eigenvalue weighted by Gasteiger charge is 2.40. The first-order chi connectivity index (χ1) is 12.9. The highest BCUT2D eigenvalue weighted by atomic mass is 16.2. The van der Waals surface area contributed by atoms with Gasteiger partial charge in [0.25, 0.3) is 0 Å². The number of benzene rings is 2. The van der Waals surface area contributed by atoms with Crippen molar-refractivity contribution < 1.29 is 9.59 Å². The first kappa shape index (κ1) is 19.2. The van der Waals surface area contributed by atoms with Gasteiger partial charge in [-0.25, -0.2) is 0 Å². The number of aryl methyl sites for hydroxylation is 1. The maximum absolute atomic E-state index is 12.3. The van der Waals surface area contributed by atoms with E-state index in [4.69, 9.17) is 5.73 Å². The van der Waals surface area contributed by atoms with Crippen LogP contribution in [0.15, 0.2) is 48.5 Å². The molecule has 142 valence electrons. The van der Waals surface area contributed by atoms with Gasteiger partial charge in [0, 0.05) is 19.5 Å². The highest BCUT2D eigenvalue weighted by Crippen LogP contribution is 2.35. The Hall–Kier alpha value is -2.62. The second kappa shape index (κ2) is 7.95. The summed E-state index contributed by atoms with van der Waals surface area (Å²) in [6, 6.07) is 16.8. The van der Waals surface area contributed by atoms with E-state index in [-0.39, 0.29) is 11.8 Å². The lowest BCUT2D eigenvalue weighted by molar-refractivity contribution is -0.138.